The molecule has 0 unspecified atom stereocenters. The highest BCUT2D eigenvalue weighted by molar-refractivity contribution is 6.42. The van der Waals surface area contributed by atoms with Crippen LogP contribution in [0.3, 0.4) is 0 Å². The number of hydrogen-bond acceptors (Lipinski definition) is 4. The SMILES string of the molecule is CO/N=C(\C(=O)O)c1ccc(OC)cc1. The summed E-state index contributed by atoms with van der Waals surface area (Å²) in [4.78, 5) is 15.3. The van der Waals surface area contributed by atoms with Gasteiger partial charge in [0.25, 0.3) is 0 Å². The molecule has 1 N–H and O–H groups in total. The van der Waals surface area contributed by atoms with E-state index in [0.29, 0.717) is 11.3 Å². The fourth-order valence-electron chi connectivity index (χ4n) is 1.06. The molecule has 0 heterocycles. The number of hydrogen-bond donors (Lipinski definition) is 1. The molecule has 0 saturated carbocycles. The molecule has 1 aromatic rings. The zero-order chi connectivity index (χ0) is 11.3. The minimum Gasteiger partial charge on any atom is -0.497 e. The quantitative estimate of drug-likeness (QED) is 0.596. The number of ether oxygens (including phenoxy) is 1. The molecule has 0 aliphatic rings. The Balaban J connectivity index is 3.02. The Kier molecular flexibility index (Phi) is 3.68. The predicted molar refractivity (Wildman–Crippen MR) is 54.2 cm³/mol. The van der Waals surface area contributed by atoms with E-state index in [1.54, 1.807) is 24.3 Å². The Morgan fingerprint density at radius 2 is 1.87 bits per heavy atom. The number of nitrogens with zero attached hydrogens (tertiary/aromatic N) is 1. The summed E-state index contributed by atoms with van der Waals surface area (Å²) in [6, 6.07) is 6.52. The summed E-state index contributed by atoms with van der Waals surface area (Å²) in [7, 11) is 2.84. The van der Waals surface area contributed by atoms with Crippen molar-refractivity contribution in [2.75, 3.05) is 14.2 Å². The Labute approximate surface area is 86.9 Å². The van der Waals surface area contributed by atoms with E-state index in [1.807, 2.05) is 0 Å². The molecule has 0 atom stereocenters. The second-order valence-corrected chi connectivity index (χ2v) is 2.66. The molecule has 0 amide bonds. The average Bonchev–Trinajstić information content (AvgIpc) is 2.26. The molecule has 5 nitrogen and oxygen atoms in total. The summed E-state index contributed by atoms with van der Waals surface area (Å²) < 4.78 is 4.95. The van der Waals surface area contributed by atoms with E-state index < -0.39 is 5.97 Å². The van der Waals surface area contributed by atoms with Gasteiger partial charge in [-0.05, 0) is 24.3 Å². The first-order valence-electron chi connectivity index (χ1n) is 4.18. The van der Waals surface area contributed by atoms with Gasteiger partial charge < -0.3 is 14.7 Å². The van der Waals surface area contributed by atoms with Crippen molar-refractivity contribution in [1.82, 2.24) is 0 Å². The topological polar surface area (TPSA) is 68.1 Å². The lowest BCUT2D eigenvalue weighted by molar-refractivity contribution is -0.129. The molecule has 15 heavy (non-hydrogen) atoms. The van der Waals surface area contributed by atoms with Crippen molar-refractivity contribution in [3.8, 4) is 5.75 Å². The lowest BCUT2D eigenvalue weighted by Gasteiger charge is -2.02. The smallest absolute Gasteiger partial charge is 0.358 e. The van der Waals surface area contributed by atoms with Gasteiger partial charge in [-0.1, -0.05) is 5.16 Å². The van der Waals surface area contributed by atoms with Crippen LogP contribution in [-0.2, 0) is 9.63 Å². The molecular formula is C10H11NO4. The summed E-state index contributed by atoms with van der Waals surface area (Å²) >= 11 is 0. The number of methoxy groups -OCH3 is 1. The fraction of sp³-hybridized carbons (Fsp3) is 0.200. The van der Waals surface area contributed by atoms with E-state index >= 15 is 0 Å². The fourth-order valence-corrected chi connectivity index (χ4v) is 1.06. The molecule has 0 aromatic heterocycles. The minimum atomic E-state index is -1.14. The Hall–Kier alpha value is -2.04. The van der Waals surface area contributed by atoms with Crippen LogP contribution >= 0.6 is 0 Å². The van der Waals surface area contributed by atoms with Crippen LogP contribution in [0.25, 0.3) is 0 Å². The van der Waals surface area contributed by atoms with Gasteiger partial charge in [0.05, 0.1) is 7.11 Å². The number of rotatable bonds is 4. The van der Waals surface area contributed by atoms with Crippen LogP contribution in [0, 0.1) is 0 Å². The Morgan fingerprint density at radius 3 is 2.27 bits per heavy atom. The maximum Gasteiger partial charge on any atom is 0.358 e. The summed E-state index contributed by atoms with van der Waals surface area (Å²) in [5.41, 5.74) is 0.324. The second-order valence-electron chi connectivity index (χ2n) is 2.66. The normalized spacial score (nSPS) is 10.9. The summed E-state index contributed by atoms with van der Waals surface area (Å²) in [6.07, 6.45) is 0. The molecule has 0 spiro atoms. The van der Waals surface area contributed by atoms with Crippen LogP contribution in [0.15, 0.2) is 29.4 Å². The first-order chi connectivity index (χ1) is 7.19. The van der Waals surface area contributed by atoms with Crippen molar-refractivity contribution in [3.63, 3.8) is 0 Å². The Bertz CT molecular complexity index is 370. The molecule has 0 aliphatic heterocycles. The molecule has 1 rings (SSSR count). The van der Waals surface area contributed by atoms with Crippen molar-refractivity contribution in [2.24, 2.45) is 5.16 Å². The predicted octanol–water partition coefficient (Wildman–Crippen LogP) is 1.13. The molecule has 0 aliphatic carbocycles. The number of aliphatic carboxylic acids is 1. The van der Waals surface area contributed by atoms with Gasteiger partial charge in [0, 0.05) is 5.56 Å². The first kappa shape index (κ1) is 11.0. The standard InChI is InChI=1S/C10H11NO4/c1-14-8-5-3-7(4-6-8)9(10(12)13)11-15-2/h3-6H,1-2H3,(H,12,13)/b11-9-. The van der Waals surface area contributed by atoms with Gasteiger partial charge in [-0.2, -0.15) is 0 Å². The summed E-state index contributed by atoms with van der Waals surface area (Å²) in [5.74, 6) is -0.483. The molecular weight excluding hydrogens is 198 g/mol. The van der Waals surface area contributed by atoms with Crippen molar-refractivity contribution in [2.45, 2.75) is 0 Å². The van der Waals surface area contributed by atoms with E-state index in [2.05, 4.69) is 9.99 Å². The molecule has 1 aromatic carbocycles. The van der Waals surface area contributed by atoms with E-state index in [1.165, 1.54) is 14.2 Å². The molecule has 0 fully saturated rings. The highest BCUT2D eigenvalue weighted by Gasteiger charge is 2.13. The molecule has 0 saturated heterocycles. The van der Waals surface area contributed by atoms with Gasteiger partial charge in [-0.25, -0.2) is 4.79 Å². The third-order valence-electron chi connectivity index (χ3n) is 1.75. The van der Waals surface area contributed by atoms with E-state index in [4.69, 9.17) is 9.84 Å². The van der Waals surface area contributed by atoms with Crippen LogP contribution in [0.1, 0.15) is 5.56 Å². The molecule has 5 heteroatoms. The van der Waals surface area contributed by atoms with Crippen molar-refractivity contribution >= 4 is 11.7 Å². The first-order valence-corrected chi connectivity index (χ1v) is 4.18. The van der Waals surface area contributed by atoms with Crippen molar-refractivity contribution in [3.05, 3.63) is 29.8 Å². The zero-order valence-corrected chi connectivity index (χ0v) is 8.43. The lowest BCUT2D eigenvalue weighted by Crippen LogP contribution is -2.14. The van der Waals surface area contributed by atoms with Gasteiger partial charge >= 0.3 is 5.97 Å². The Morgan fingerprint density at radius 1 is 1.27 bits per heavy atom. The second kappa shape index (κ2) is 4.99. The molecule has 0 bridgehead atoms. The number of carbonyl (C=O) groups is 1. The summed E-state index contributed by atoms with van der Waals surface area (Å²) in [5, 5.41) is 12.3. The molecule has 80 valence electrons. The van der Waals surface area contributed by atoms with E-state index in [-0.39, 0.29) is 5.71 Å². The van der Waals surface area contributed by atoms with Gasteiger partial charge in [0.2, 0.25) is 0 Å². The number of carboxylic acid groups (broad SMARTS) is 1. The number of benzene rings is 1. The largest absolute Gasteiger partial charge is 0.497 e. The average molecular weight is 209 g/mol. The van der Waals surface area contributed by atoms with Gasteiger partial charge in [-0.3, -0.25) is 0 Å². The third kappa shape index (κ3) is 2.70. The van der Waals surface area contributed by atoms with Crippen LogP contribution in [0.4, 0.5) is 0 Å². The molecule has 0 radical (unpaired) electrons. The zero-order valence-electron chi connectivity index (χ0n) is 8.43. The van der Waals surface area contributed by atoms with E-state index in [0.717, 1.165) is 0 Å². The number of oxime groups is 1. The maximum atomic E-state index is 10.8. The highest BCUT2D eigenvalue weighted by atomic mass is 16.6. The number of carboxylic acids is 1. The highest BCUT2D eigenvalue weighted by Crippen LogP contribution is 2.12. The van der Waals surface area contributed by atoms with Crippen LogP contribution in [0.2, 0.25) is 0 Å². The van der Waals surface area contributed by atoms with Crippen LogP contribution in [0.5, 0.6) is 5.75 Å². The minimum absolute atomic E-state index is 0.139. The van der Waals surface area contributed by atoms with Gasteiger partial charge in [0.15, 0.2) is 5.71 Å². The van der Waals surface area contributed by atoms with Crippen molar-refractivity contribution < 1.29 is 19.5 Å². The maximum absolute atomic E-state index is 10.8. The van der Waals surface area contributed by atoms with Gasteiger partial charge in [-0.15, -0.1) is 0 Å². The van der Waals surface area contributed by atoms with Crippen LogP contribution < -0.4 is 4.74 Å². The van der Waals surface area contributed by atoms with Gasteiger partial charge in [0.1, 0.15) is 12.9 Å². The van der Waals surface area contributed by atoms with E-state index in [9.17, 15) is 4.79 Å². The van der Waals surface area contributed by atoms with Crippen LogP contribution in [-0.4, -0.2) is 31.0 Å². The summed E-state index contributed by atoms with van der Waals surface area (Å²) in [6.45, 7) is 0. The van der Waals surface area contributed by atoms with Crippen molar-refractivity contribution in [1.29, 1.82) is 0 Å². The third-order valence-corrected chi connectivity index (χ3v) is 1.75. The monoisotopic (exact) mass is 209 g/mol. The lowest BCUT2D eigenvalue weighted by atomic mass is 10.1.